The molecule has 142 valence electrons. The minimum absolute atomic E-state index is 1.19. The topological polar surface area (TPSA) is 4.93 Å². The smallest absolute Gasteiger partial charge is 0.0547 e. The molecule has 0 unspecified atom stereocenters. The van der Waals surface area contributed by atoms with Crippen LogP contribution in [-0.4, -0.2) is 4.57 Å². The van der Waals surface area contributed by atoms with Gasteiger partial charge in [0.25, 0.3) is 0 Å². The molecule has 0 radical (unpaired) electrons. The number of hydrogen-bond donors (Lipinski definition) is 0. The van der Waals surface area contributed by atoms with Gasteiger partial charge in [-0.05, 0) is 59.2 Å². The van der Waals surface area contributed by atoms with Gasteiger partial charge in [-0.15, -0.1) is 0 Å². The van der Waals surface area contributed by atoms with Crippen molar-refractivity contribution in [3.63, 3.8) is 0 Å². The van der Waals surface area contributed by atoms with Gasteiger partial charge in [-0.3, -0.25) is 0 Å². The second-order valence-electron chi connectivity index (χ2n) is 7.95. The van der Waals surface area contributed by atoms with E-state index in [2.05, 4.69) is 121 Å². The lowest BCUT2D eigenvalue weighted by Gasteiger charge is -2.10. The Morgan fingerprint density at radius 2 is 1.23 bits per heavy atom. The normalized spacial score (nSPS) is 11.5. The monoisotopic (exact) mass is 383 g/mol. The molecule has 0 amide bonds. The molecule has 1 aromatic heterocycles. The van der Waals surface area contributed by atoms with Crippen LogP contribution >= 0.6 is 0 Å². The minimum Gasteiger partial charge on any atom is -0.309 e. The predicted molar refractivity (Wildman–Crippen MR) is 128 cm³/mol. The van der Waals surface area contributed by atoms with Gasteiger partial charge in [0.2, 0.25) is 0 Å². The summed E-state index contributed by atoms with van der Waals surface area (Å²) in [6.07, 6.45) is 0. The molecule has 0 aliphatic rings. The first-order valence-corrected chi connectivity index (χ1v) is 10.4. The number of fused-ring (bicyclic) bond motifs is 5. The molecule has 5 aromatic carbocycles. The summed E-state index contributed by atoms with van der Waals surface area (Å²) in [5, 5.41) is 5.24. The molecular formula is C29H21N. The van der Waals surface area contributed by atoms with E-state index < -0.39 is 0 Å². The third-order valence-corrected chi connectivity index (χ3v) is 6.04. The molecule has 0 aliphatic carbocycles. The highest BCUT2D eigenvalue weighted by Gasteiger charge is 2.14. The number of aryl methyl sites for hydroxylation is 1. The van der Waals surface area contributed by atoms with Crippen molar-refractivity contribution >= 4 is 32.6 Å². The number of hydrogen-bond acceptors (Lipinski definition) is 0. The van der Waals surface area contributed by atoms with Crippen LogP contribution in [0.5, 0.6) is 0 Å². The molecule has 0 saturated heterocycles. The number of benzene rings is 5. The van der Waals surface area contributed by atoms with Gasteiger partial charge in [-0.2, -0.15) is 0 Å². The Morgan fingerprint density at radius 1 is 0.533 bits per heavy atom. The molecular weight excluding hydrogens is 362 g/mol. The van der Waals surface area contributed by atoms with Gasteiger partial charge < -0.3 is 4.57 Å². The second kappa shape index (κ2) is 6.60. The van der Waals surface area contributed by atoms with Crippen LogP contribution in [0, 0.1) is 6.92 Å². The van der Waals surface area contributed by atoms with Crippen molar-refractivity contribution in [3.05, 3.63) is 115 Å². The van der Waals surface area contributed by atoms with Crippen LogP contribution in [0.1, 0.15) is 5.56 Å². The number of nitrogens with zero attached hydrogens (tertiary/aromatic N) is 1. The van der Waals surface area contributed by atoms with Crippen LogP contribution in [0.25, 0.3) is 49.4 Å². The fraction of sp³-hybridized carbons (Fsp3) is 0.0345. The first kappa shape index (κ1) is 17.1. The van der Waals surface area contributed by atoms with E-state index in [9.17, 15) is 0 Å². The van der Waals surface area contributed by atoms with E-state index in [1.165, 1.54) is 55.0 Å². The van der Waals surface area contributed by atoms with E-state index in [4.69, 9.17) is 0 Å². The molecule has 0 N–H and O–H groups in total. The third-order valence-electron chi connectivity index (χ3n) is 6.04. The van der Waals surface area contributed by atoms with Crippen molar-refractivity contribution in [2.45, 2.75) is 6.92 Å². The molecule has 6 aromatic rings. The largest absolute Gasteiger partial charge is 0.309 e. The maximum Gasteiger partial charge on any atom is 0.0547 e. The first-order chi connectivity index (χ1) is 14.8. The average molecular weight is 383 g/mol. The average Bonchev–Trinajstić information content (AvgIpc) is 3.13. The van der Waals surface area contributed by atoms with Crippen molar-refractivity contribution in [2.75, 3.05) is 0 Å². The number of rotatable bonds is 2. The Morgan fingerprint density at radius 3 is 2.07 bits per heavy atom. The van der Waals surface area contributed by atoms with Crippen molar-refractivity contribution in [3.8, 4) is 16.8 Å². The van der Waals surface area contributed by atoms with Crippen molar-refractivity contribution < 1.29 is 0 Å². The quantitative estimate of drug-likeness (QED) is 0.286. The molecule has 0 bridgehead atoms. The van der Waals surface area contributed by atoms with Crippen molar-refractivity contribution in [1.29, 1.82) is 0 Å². The van der Waals surface area contributed by atoms with Crippen LogP contribution in [0.15, 0.2) is 109 Å². The fourth-order valence-corrected chi connectivity index (χ4v) is 4.62. The zero-order valence-electron chi connectivity index (χ0n) is 16.8. The summed E-state index contributed by atoms with van der Waals surface area (Å²) in [6.45, 7) is 2.17. The molecule has 0 spiro atoms. The molecule has 30 heavy (non-hydrogen) atoms. The zero-order chi connectivity index (χ0) is 20.1. The maximum absolute atomic E-state index is 2.39. The van der Waals surface area contributed by atoms with E-state index in [-0.39, 0.29) is 0 Å². The minimum atomic E-state index is 1.19. The van der Waals surface area contributed by atoms with Gasteiger partial charge in [0.1, 0.15) is 0 Å². The Kier molecular flexibility index (Phi) is 3.75. The van der Waals surface area contributed by atoms with Gasteiger partial charge in [0, 0.05) is 16.5 Å². The molecule has 1 nitrogen and oxygen atoms in total. The summed E-state index contributed by atoms with van der Waals surface area (Å²) in [6, 6.07) is 39.4. The Labute approximate surface area is 175 Å². The predicted octanol–water partition coefficient (Wildman–Crippen LogP) is 7.91. The second-order valence-corrected chi connectivity index (χ2v) is 7.95. The lowest BCUT2D eigenvalue weighted by molar-refractivity contribution is 1.18. The zero-order valence-corrected chi connectivity index (χ0v) is 16.8. The fourth-order valence-electron chi connectivity index (χ4n) is 4.62. The van der Waals surface area contributed by atoms with Gasteiger partial charge in [-0.1, -0.05) is 84.4 Å². The third kappa shape index (κ3) is 2.56. The van der Waals surface area contributed by atoms with Crippen LogP contribution in [0.3, 0.4) is 0 Å². The molecule has 0 saturated carbocycles. The van der Waals surface area contributed by atoms with E-state index in [0.717, 1.165) is 0 Å². The highest BCUT2D eigenvalue weighted by atomic mass is 15.0. The van der Waals surface area contributed by atoms with Crippen LogP contribution in [-0.2, 0) is 0 Å². The summed E-state index contributed by atoms with van der Waals surface area (Å²) in [7, 11) is 0. The maximum atomic E-state index is 2.39. The van der Waals surface area contributed by atoms with E-state index in [0.29, 0.717) is 0 Å². The van der Waals surface area contributed by atoms with Crippen molar-refractivity contribution in [2.24, 2.45) is 0 Å². The summed E-state index contributed by atoms with van der Waals surface area (Å²) < 4.78 is 2.39. The molecule has 0 fully saturated rings. The number of aromatic nitrogens is 1. The Balaban J connectivity index is 1.65. The summed E-state index contributed by atoms with van der Waals surface area (Å²) >= 11 is 0. The van der Waals surface area contributed by atoms with Crippen molar-refractivity contribution in [1.82, 2.24) is 4.57 Å². The highest BCUT2D eigenvalue weighted by molar-refractivity contribution is 6.21. The van der Waals surface area contributed by atoms with E-state index >= 15 is 0 Å². The SMILES string of the molecule is Cc1ccc2c(c1)c1c3ccccc3ccc1n2-c1ccc(-c2ccccc2)cc1. The van der Waals surface area contributed by atoms with E-state index in [1.807, 2.05) is 0 Å². The van der Waals surface area contributed by atoms with Gasteiger partial charge in [0.05, 0.1) is 11.0 Å². The molecule has 6 rings (SSSR count). The lowest BCUT2D eigenvalue weighted by Crippen LogP contribution is -1.93. The molecule has 0 aliphatic heterocycles. The molecule has 1 heterocycles. The van der Waals surface area contributed by atoms with Gasteiger partial charge >= 0.3 is 0 Å². The van der Waals surface area contributed by atoms with Crippen LogP contribution < -0.4 is 0 Å². The van der Waals surface area contributed by atoms with Crippen LogP contribution in [0.4, 0.5) is 0 Å². The first-order valence-electron chi connectivity index (χ1n) is 10.4. The Bertz CT molecular complexity index is 1520. The van der Waals surface area contributed by atoms with Gasteiger partial charge in [0.15, 0.2) is 0 Å². The molecule has 0 atom stereocenters. The lowest BCUT2D eigenvalue weighted by atomic mass is 10.0. The summed E-state index contributed by atoms with van der Waals surface area (Å²) in [5.74, 6) is 0. The standard InChI is InChI=1S/C29H21N/c1-20-11-17-27-26(19-20)29-25-10-6-5-9-23(25)14-18-28(29)30(27)24-15-12-22(13-16-24)21-7-3-2-4-8-21/h2-19H,1H3. The summed E-state index contributed by atoms with van der Waals surface area (Å²) in [4.78, 5) is 0. The highest BCUT2D eigenvalue weighted by Crippen LogP contribution is 2.37. The van der Waals surface area contributed by atoms with Crippen LogP contribution in [0.2, 0.25) is 0 Å². The van der Waals surface area contributed by atoms with Gasteiger partial charge in [-0.25, -0.2) is 0 Å². The van der Waals surface area contributed by atoms with E-state index in [1.54, 1.807) is 0 Å². The molecule has 1 heteroatoms. The summed E-state index contributed by atoms with van der Waals surface area (Å²) in [5.41, 5.74) is 7.46. The Hall–Kier alpha value is -3.84.